The van der Waals surface area contributed by atoms with Crippen molar-refractivity contribution in [2.45, 2.75) is 9.92 Å². The molecule has 3 aromatic rings. The second-order valence-electron chi connectivity index (χ2n) is 4.11. The Hall–Kier alpha value is -2.40. The SMILES string of the molecule is Nc1cc(Sc2ccncc2)nc(-c2ccccc2)n1. The molecule has 0 radical (unpaired) electrons. The number of nitrogens with two attached hydrogens (primary N) is 1. The largest absolute Gasteiger partial charge is 0.384 e. The molecule has 0 saturated heterocycles. The zero-order valence-electron chi connectivity index (χ0n) is 10.6. The summed E-state index contributed by atoms with van der Waals surface area (Å²) in [7, 11) is 0. The molecule has 0 fully saturated rings. The number of rotatable bonds is 3. The first kappa shape index (κ1) is 12.6. The van der Waals surface area contributed by atoms with Crippen LogP contribution in [0.4, 0.5) is 5.82 Å². The van der Waals surface area contributed by atoms with Crippen molar-refractivity contribution >= 4 is 17.6 Å². The van der Waals surface area contributed by atoms with Crippen molar-refractivity contribution in [1.29, 1.82) is 0 Å². The molecule has 0 aliphatic heterocycles. The van der Waals surface area contributed by atoms with Gasteiger partial charge in [0.25, 0.3) is 0 Å². The Morgan fingerprint density at radius 3 is 2.40 bits per heavy atom. The number of anilines is 1. The van der Waals surface area contributed by atoms with Gasteiger partial charge in [0.2, 0.25) is 0 Å². The minimum atomic E-state index is 0.468. The van der Waals surface area contributed by atoms with E-state index >= 15 is 0 Å². The summed E-state index contributed by atoms with van der Waals surface area (Å²) in [5.41, 5.74) is 6.83. The topological polar surface area (TPSA) is 64.7 Å². The number of nitrogens with zero attached hydrogens (tertiary/aromatic N) is 3. The van der Waals surface area contributed by atoms with Crippen molar-refractivity contribution in [3.05, 3.63) is 60.9 Å². The van der Waals surface area contributed by atoms with E-state index < -0.39 is 0 Å². The highest BCUT2D eigenvalue weighted by atomic mass is 32.2. The Kier molecular flexibility index (Phi) is 3.60. The molecule has 0 amide bonds. The molecule has 3 rings (SSSR count). The van der Waals surface area contributed by atoms with Crippen LogP contribution in [0.1, 0.15) is 0 Å². The summed E-state index contributed by atoms with van der Waals surface area (Å²) in [6.45, 7) is 0. The first-order valence-electron chi connectivity index (χ1n) is 6.09. The second kappa shape index (κ2) is 5.71. The van der Waals surface area contributed by atoms with Crippen molar-refractivity contribution in [2.75, 3.05) is 5.73 Å². The van der Waals surface area contributed by atoms with Crippen LogP contribution in [0.3, 0.4) is 0 Å². The first-order chi connectivity index (χ1) is 9.81. The Bertz CT molecular complexity index is 702. The molecule has 2 heterocycles. The van der Waals surface area contributed by atoms with Gasteiger partial charge in [0.1, 0.15) is 10.8 Å². The average molecular weight is 280 g/mol. The van der Waals surface area contributed by atoms with Crippen LogP contribution in [0.15, 0.2) is 70.8 Å². The van der Waals surface area contributed by atoms with Crippen molar-refractivity contribution in [1.82, 2.24) is 15.0 Å². The molecule has 0 unspecified atom stereocenters. The lowest BCUT2D eigenvalue weighted by Gasteiger charge is -2.05. The lowest BCUT2D eigenvalue weighted by atomic mass is 10.2. The fourth-order valence-corrected chi connectivity index (χ4v) is 2.55. The van der Waals surface area contributed by atoms with Crippen LogP contribution in [0.5, 0.6) is 0 Å². The smallest absolute Gasteiger partial charge is 0.162 e. The fraction of sp³-hybridized carbons (Fsp3) is 0. The summed E-state index contributed by atoms with van der Waals surface area (Å²) >= 11 is 1.54. The predicted molar refractivity (Wildman–Crippen MR) is 80.2 cm³/mol. The number of nitrogen functional groups attached to an aromatic ring is 1. The zero-order chi connectivity index (χ0) is 13.8. The van der Waals surface area contributed by atoms with Crippen molar-refractivity contribution in [2.24, 2.45) is 0 Å². The van der Waals surface area contributed by atoms with Gasteiger partial charge in [0.05, 0.1) is 0 Å². The van der Waals surface area contributed by atoms with E-state index in [4.69, 9.17) is 5.73 Å². The number of benzene rings is 1. The molecule has 0 aliphatic rings. The minimum Gasteiger partial charge on any atom is -0.384 e. The molecule has 2 N–H and O–H groups in total. The van der Waals surface area contributed by atoms with E-state index in [0.717, 1.165) is 15.5 Å². The molecule has 0 spiro atoms. The van der Waals surface area contributed by atoms with Gasteiger partial charge in [-0.15, -0.1) is 0 Å². The first-order valence-corrected chi connectivity index (χ1v) is 6.91. The lowest BCUT2D eigenvalue weighted by Crippen LogP contribution is -1.97. The van der Waals surface area contributed by atoms with E-state index in [1.165, 1.54) is 11.8 Å². The molecule has 2 aromatic heterocycles. The molecule has 0 aliphatic carbocycles. The molecule has 5 heteroatoms. The summed E-state index contributed by atoms with van der Waals surface area (Å²) < 4.78 is 0. The van der Waals surface area contributed by atoms with Gasteiger partial charge < -0.3 is 5.73 Å². The van der Waals surface area contributed by atoms with E-state index in [0.29, 0.717) is 11.6 Å². The number of pyridine rings is 1. The Morgan fingerprint density at radius 2 is 1.65 bits per heavy atom. The highest BCUT2D eigenvalue weighted by Crippen LogP contribution is 2.28. The van der Waals surface area contributed by atoms with Crippen LogP contribution < -0.4 is 5.73 Å². The third kappa shape index (κ3) is 2.95. The van der Waals surface area contributed by atoms with Gasteiger partial charge in [-0.3, -0.25) is 4.98 Å². The summed E-state index contributed by atoms with van der Waals surface area (Å²) in [5, 5.41) is 0.822. The van der Waals surface area contributed by atoms with E-state index in [9.17, 15) is 0 Å². The van der Waals surface area contributed by atoms with Gasteiger partial charge in [0.15, 0.2) is 5.82 Å². The standard InChI is InChI=1S/C15H12N4S/c16-13-10-14(20-12-6-8-17-9-7-12)19-15(18-13)11-4-2-1-3-5-11/h1-10H,(H2,16,18,19). The van der Waals surface area contributed by atoms with E-state index in [-0.39, 0.29) is 0 Å². The molecular formula is C15H12N4S. The van der Waals surface area contributed by atoms with Crippen LogP contribution in [0, 0.1) is 0 Å². The predicted octanol–water partition coefficient (Wildman–Crippen LogP) is 3.27. The molecule has 0 saturated carbocycles. The Morgan fingerprint density at radius 1 is 0.900 bits per heavy atom. The minimum absolute atomic E-state index is 0.468. The molecular weight excluding hydrogens is 268 g/mol. The Labute approximate surface area is 121 Å². The van der Waals surface area contributed by atoms with Crippen LogP contribution >= 0.6 is 11.8 Å². The average Bonchev–Trinajstić information content (AvgIpc) is 2.49. The van der Waals surface area contributed by atoms with Gasteiger partial charge in [-0.1, -0.05) is 42.1 Å². The normalized spacial score (nSPS) is 10.4. The number of hydrogen-bond donors (Lipinski definition) is 1. The molecule has 0 atom stereocenters. The molecule has 1 aromatic carbocycles. The van der Waals surface area contributed by atoms with Crippen molar-refractivity contribution in [3.63, 3.8) is 0 Å². The number of aromatic nitrogens is 3. The van der Waals surface area contributed by atoms with Gasteiger partial charge in [0, 0.05) is 28.9 Å². The van der Waals surface area contributed by atoms with Gasteiger partial charge in [-0.25, -0.2) is 9.97 Å². The van der Waals surface area contributed by atoms with Gasteiger partial charge in [-0.05, 0) is 12.1 Å². The third-order valence-electron chi connectivity index (χ3n) is 2.63. The molecule has 4 nitrogen and oxygen atoms in total. The summed E-state index contributed by atoms with van der Waals surface area (Å²) in [4.78, 5) is 13.9. The van der Waals surface area contributed by atoms with Crippen LogP contribution in [-0.4, -0.2) is 15.0 Å². The van der Waals surface area contributed by atoms with Crippen LogP contribution in [-0.2, 0) is 0 Å². The van der Waals surface area contributed by atoms with Crippen LogP contribution in [0.2, 0.25) is 0 Å². The maximum Gasteiger partial charge on any atom is 0.162 e. The maximum atomic E-state index is 5.87. The monoisotopic (exact) mass is 280 g/mol. The second-order valence-corrected chi connectivity index (χ2v) is 5.20. The zero-order valence-corrected chi connectivity index (χ0v) is 11.4. The fourth-order valence-electron chi connectivity index (χ4n) is 1.74. The molecule has 98 valence electrons. The van der Waals surface area contributed by atoms with E-state index in [2.05, 4.69) is 15.0 Å². The number of hydrogen-bond acceptors (Lipinski definition) is 5. The van der Waals surface area contributed by atoms with E-state index in [1.807, 2.05) is 42.5 Å². The highest BCUT2D eigenvalue weighted by Gasteiger charge is 2.06. The quantitative estimate of drug-likeness (QED) is 0.746. The Balaban J connectivity index is 1.95. The van der Waals surface area contributed by atoms with E-state index in [1.54, 1.807) is 18.5 Å². The summed E-state index contributed by atoms with van der Waals surface area (Å²) in [5.74, 6) is 1.11. The molecule has 0 bridgehead atoms. The maximum absolute atomic E-state index is 5.87. The van der Waals surface area contributed by atoms with Crippen molar-refractivity contribution < 1.29 is 0 Å². The van der Waals surface area contributed by atoms with Crippen LogP contribution in [0.25, 0.3) is 11.4 Å². The molecule has 20 heavy (non-hydrogen) atoms. The summed E-state index contributed by atoms with van der Waals surface area (Å²) in [6, 6.07) is 15.5. The summed E-state index contributed by atoms with van der Waals surface area (Å²) in [6.07, 6.45) is 3.51. The van der Waals surface area contributed by atoms with Gasteiger partial charge >= 0.3 is 0 Å². The van der Waals surface area contributed by atoms with Gasteiger partial charge in [-0.2, -0.15) is 0 Å². The third-order valence-corrected chi connectivity index (χ3v) is 3.55. The highest BCUT2D eigenvalue weighted by molar-refractivity contribution is 7.99. The lowest BCUT2D eigenvalue weighted by molar-refractivity contribution is 1.06. The van der Waals surface area contributed by atoms with Crippen molar-refractivity contribution in [3.8, 4) is 11.4 Å².